The summed E-state index contributed by atoms with van der Waals surface area (Å²) in [7, 11) is 6.06. The van der Waals surface area contributed by atoms with Crippen molar-refractivity contribution in [1.29, 1.82) is 0 Å². The number of benzene rings is 3. The lowest BCUT2D eigenvalue weighted by Crippen LogP contribution is -2.19. The van der Waals surface area contributed by atoms with E-state index < -0.39 is 5.97 Å². The Morgan fingerprint density at radius 1 is 0.824 bits per heavy atom. The average Bonchev–Trinajstić information content (AvgIpc) is 2.86. The van der Waals surface area contributed by atoms with E-state index in [4.69, 9.17) is 18.9 Å². The number of rotatable bonds is 6. The lowest BCUT2D eigenvalue weighted by molar-refractivity contribution is 0.0600. The van der Waals surface area contributed by atoms with Crippen LogP contribution >= 0.6 is 0 Å². The Labute approximate surface area is 197 Å². The minimum atomic E-state index is -0.427. The van der Waals surface area contributed by atoms with Gasteiger partial charge >= 0.3 is 5.97 Å². The van der Waals surface area contributed by atoms with E-state index in [0.717, 1.165) is 10.9 Å². The molecule has 0 fully saturated rings. The smallest absolute Gasteiger partial charge is 0.338 e. The van der Waals surface area contributed by atoms with E-state index in [1.54, 1.807) is 63.2 Å². The largest absolute Gasteiger partial charge is 0.497 e. The second kappa shape index (κ2) is 9.31. The van der Waals surface area contributed by atoms with Crippen LogP contribution in [0.1, 0.15) is 15.9 Å². The van der Waals surface area contributed by atoms with Crippen LogP contribution < -0.4 is 19.8 Å². The Bertz CT molecular complexity index is 1450. The van der Waals surface area contributed by atoms with Gasteiger partial charge in [-0.3, -0.25) is 9.36 Å². The van der Waals surface area contributed by atoms with E-state index in [-0.39, 0.29) is 5.56 Å². The molecule has 0 spiro atoms. The maximum atomic E-state index is 13.5. The lowest BCUT2D eigenvalue weighted by atomic mass is 9.99. The molecule has 0 N–H and O–H groups in total. The van der Waals surface area contributed by atoms with Gasteiger partial charge in [0.15, 0.2) is 11.5 Å². The van der Waals surface area contributed by atoms with Gasteiger partial charge in [0, 0.05) is 34.3 Å². The molecule has 1 heterocycles. The van der Waals surface area contributed by atoms with Crippen LogP contribution in [0.3, 0.4) is 0 Å². The summed E-state index contributed by atoms with van der Waals surface area (Å²) in [5.41, 5.74) is 3.61. The average molecular weight is 459 g/mol. The number of pyridine rings is 1. The predicted molar refractivity (Wildman–Crippen MR) is 131 cm³/mol. The zero-order valence-corrected chi connectivity index (χ0v) is 19.7. The zero-order chi connectivity index (χ0) is 24.4. The van der Waals surface area contributed by atoms with Gasteiger partial charge in [-0.25, -0.2) is 4.79 Å². The minimum absolute atomic E-state index is 0.245. The number of esters is 1. The molecule has 0 aliphatic carbocycles. The number of hydrogen-bond donors (Lipinski definition) is 0. The van der Waals surface area contributed by atoms with Gasteiger partial charge in [0.05, 0.1) is 39.5 Å². The molecular formula is C27H25NO6. The predicted octanol–water partition coefficient (Wildman–Crippen LogP) is 4.78. The third-order valence-electron chi connectivity index (χ3n) is 5.79. The summed E-state index contributed by atoms with van der Waals surface area (Å²) in [5, 5.41) is 0.821. The van der Waals surface area contributed by atoms with Crippen LogP contribution in [0.25, 0.3) is 27.7 Å². The molecule has 0 amide bonds. The number of aryl methyl sites for hydroxylation is 1. The highest BCUT2D eigenvalue weighted by Crippen LogP contribution is 2.40. The summed E-state index contributed by atoms with van der Waals surface area (Å²) < 4.78 is 23.0. The first-order valence-corrected chi connectivity index (χ1v) is 10.6. The van der Waals surface area contributed by atoms with Gasteiger partial charge in [0.25, 0.3) is 5.56 Å². The number of nitrogens with zero attached hydrogens (tertiary/aromatic N) is 1. The standard InChI is InChI=1S/C27H25NO6/c1-16-13-17(9-11-19(16)27(30)34-5)28-23-14-18(31-2)10-12-20(23)22(15-25(28)29)21-7-6-8-24(32-3)26(21)33-4/h6-15H,1-5H3. The molecule has 0 aliphatic rings. The number of aromatic nitrogens is 1. The van der Waals surface area contributed by atoms with Crippen LogP contribution in [0, 0.1) is 6.92 Å². The Morgan fingerprint density at radius 2 is 1.62 bits per heavy atom. The number of hydrogen-bond acceptors (Lipinski definition) is 6. The molecule has 0 bridgehead atoms. The number of ether oxygens (including phenoxy) is 4. The fourth-order valence-electron chi connectivity index (χ4n) is 4.15. The van der Waals surface area contributed by atoms with Crippen molar-refractivity contribution >= 4 is 16.9 Å². The molecule has 0 atom stereocenters. The molecule has 0 saturated carbocycles. The highest BCUT2D eigenvalue weighted by atomic mass is 16.5. The number of fused-ring (bicyclic) bond motifs is 1. The molecule has 0 unspecified atom stereocenters. The van der Waals surface area contributed by atoms with Crippen LogP contribution in [0.5, 0.6) is 17.2 Å². The van der Waals surface area contributed by atoms with Gasteiger partial charge in [0.2, 0.25) is 0 Å². The first-order chi connectivity index (χ1) is 16.4. The topological polar surface area (TPSA) is 76.0 Å². The number of para-hydroxylation sites is 1. The highest BCUT2D eigenvalue weighted by Gasteiger charge is 2.19. The first kappa shape index (κ1) is 22.9. The third-order valence-corrected chi connectivity index (χ3v) is 5.79. The first-order valence-electron chi connectivity index (χ1n) is 10.6. The molecule has 1 aromatic heterocycles. The fraction of sp³-hybridized carbons (Fsp3) is 0.185. The second-order valence-corrected chi connectivity index (χ2v) is 7.65. The van der Waals surface area contributed by atoms with Crippen LogP contribution in [0.2, 0.25) is 0 Å². The van der Waals surface area contributed by atoms with Crippen molar-refractivity contribution in [2.24, 2.45) is 0 Å². The minimum Gasteiger partial charge on any atom is -0.497 e. The van der Waals surface area contributed by atoms with Crippen molar-refractivity contribution in [3.63, 3.8) is 0 Å². The zero-order valence-electron chi connectivity index (χ0n) is 19.7. The van der Waals surface area contributed by atoms with E-state index in [1.807, 2.05) is 30.3 Å². The summed E-state index contributed by atoms with van der Waals surface area (Å²) in [6, 6.07) is 17.9. The summed E-state index contributed by atoms with van der Waals surface area (Å²) >= 11 is 0. The Hall–Kier alpha value is -4.26. The maximum Gasteiger partial charge on any atom is 0.338 e. The summed E-state index contributed by atoms with van der Waals surface area (Å²) in [6.45, 7) is 1.80. The highest BCUT2D eigenvalue weighted by molar-refractivity contribution is 5.98. The van der Waals surface area contributed by atoms with Gasteiger partial charge in [-0.05, 0) is 48.9 Å². The number of carbonyl (C=O) groups is 1. The maximum absolute atomic E-state index is 13.5. The molecule has 7 nitrogen and oxygen atoms in total. The van der Waals surface area contributed by atoms with Crippen molar-refractivity contribution in [3.05, 3.63) is 82.1 Å². The van der Waals surface area contributed by atoms with Crippen molar-refractivity contribution in [2.75, 3.05) is 28.4 Å². The van der Waals surface area contributed by atoms with Crippen LogP contribution in [-0.2, 0) is 4.74 Å². The molecule has 0 saturated heterocycles. The van der Waals surface area contributed by atoms with Crippen LogP contribution in [0.15, 0.2) is 65.5 Å². The molecule has 0 radical (unpaired) electrons. The normalized spacial score (nSPS) is 10.7. The van der Waals surface area contributed by atoms with Crippen molar-refractivity contribution in [2.45, 2.75) is 6.92 Å². The van der Waals surface area contributed by atoms with Gasteiger partial charge in [0.1, 0.15) is 5.75 Å². The molecule has 174 valence electrons. The SMILES string of the molecule is COC(=O)c1ccc(-n2c(=O)cc(-c3cccc(OC)c3OC)c3ccc(OC)cc32)cc1C. The monoisotopic (exact) mass is 459 g/mol. The van der Waals surface area contributed by atoms with Gasteiger partial charge in [-0.15, -0.1) is 0 Å². The van der Waals surface area contributed by atoms with Gasteiger partial charge in [-0.1, -0.05) is 12.1 Å². The van der Waals surface area contributed by atoms with Crippen molar-refractivity contribution < 1.29 is 23.7 Å². The Morgan fingerprint density at radius 3 is 2.26 bits per heavy atom. The molecule has 34 heavy (non-hydrogen) atoms. The summed E-state index contributed by atoms with van der Waals surface area (Å²) in [4.78, 5) is 25.6. The quantitative estimate of drug-likeness (QED) is 0.386. The Kier molecular flexibility index (Phi) is 6.27. The van der Waals surface area contributed by atoms with Crippen molar-refractivity contribution in [1.82, 2.24) is 4.57 Å². The van der Waals surface area contributed by atoms with Gasteiger partial charge < -0.3 is 18.9 Å². The molecule has 4 rings (SSSR count). The molecule has 7 heteroatoms. The molecule has 4 aromatic rings. The van der Waals surface area contributed by atoms with Crippen molar-refractivity contribution in [3.8, 4) is 34.1 Å². The molecule has 3 aromatic carbocycles. The van der Waals surface area contributed by atoms with Crippen LogP contribution in [0.4, 0.5) is 0 Å². The third kappa shape index (κ3) is 3.85. The Balaban J connectivity index is 2.04. The number of carbonyl (C=O) groups excluding carboxylic acids is 1. The molecular weight excluding hydrogens is 434 g/mol. The summed E-state index contributed by atoms with van der Waals surface area (Å²) in [5.74, 6) is 1.29. The van der Waals surface area contributed by atoms with Gasteiger partial charge in [-0.2, -0.15) is 0 Å². The van der Waals surface area contributed by atoms with E-state index in [9.17, 15) is 9.59 Å². The van der Waals surface area contributed by atoms with Crippen LogP contribution in [-0.4, -0.2) is 39.0 Å². The van der Waals surface area contributed by atoms with E-state index in [0.29, 0.717) is 45.1 Å². The fourth-order valence-corrected chi connectivity index (χ4v) is 4.15. The molecule has 0 aliphatic heterocycles. The van der Waals surface area contributed by atoms with E-state index in [2.05, 4.69) is 0 Å². The van der Waals surface area contributed by atoms with E-state index in [1.165, 1.54) is 7.11 Å². The second-order valence-electron chi connectivity index (χ2n) is 7.65. The number of methoxy groups -OCH3 is 4. The van der Waals surface area contributed by atoms with E-state index >= 15 is 0 Å². The lowest BCUT2D eigenvalue weighted by Gasteiger charge is -2.18. The summed E-state index contributed by atoms with van der Waals surface area (Å²) in [6.07, 6.45) is 0.